The monoisotopic (exact) mass is 515 g/mol. The van der Waals surface area contributed by atoms with E-state index < -0.39 is 12.0 Å². The maximum Gasteiger partial charge on any atom is 0.328 e. The fourth-order valence-corrected chi connectivity index (χ4v) is 4.18. The van der Waals surface area contributed by atoms with Gasteiger partial charge in [0.15, 0.2) is 5.69 Å². The maximum atomic E-state index is 12.6. The zero-order valence-corrected chi connectivity index (χ0v) is 21.9. The van der Waals surface area contributed by atoms with E-state index in [1.807, 2.05) is 24.3 Å². The van der Waals surface area contributed by atoms with Gasteiger partial charge in [0.1, 0.15) is 6.04 Å². The molecule has 0 bridgehead atoms. The normalized spacial score (nSPS) is 14.8. The van der Waals surface area contributed by atoms with Crippen LogP contribution in [0.4, 0.5) is 29.2 Å². The van der Waals surface area contributed by atoms with Gasteiger partial charge in [0, 0.05) is 51.9 Å². The summed E-state index contributed by atoms with van der Waals surface area (Å²) in [4.78, 5) is 34.1. The van der Waals surface area contributed by atoms with Crippen molar-refractivity contribution in [1.29, 1.82) is 0 Å². The summed E-state index contributed by atoms with van der Waals surface area (Å²) >= 11 is 0. The third kappa shape index (κ3) is 7.38. The molecule has 3 aromatic rings. The van der Waals surface area contributed by atoms with Gasteiger partial charge in [-0.25, -0.2) is 9.64 Å². The van der Waals surface area contributed by atoms with Crippen LogP contribution in [0.3, 0.4) is 0 Å². The first-order chi connectivity index (χ1) is 18.4. The van der Waals surface area contributed by atoms with Crippen LogP contribution in [0.1, 0.15) is 11.1 Å². The van der Waals surface area contributed by atoms with Gasteiger partial charge >= 0.3 is 5.97 Å². The Morgan fingerprint density at radius 3 is 2.42 bits per heavy atom. The minimum absolute atomic E-state index is 0.230. The molecule has 38 heavy (non-hydrogen) atoms. The Bertz CT molecular complexity index is 1270. The van der Waals surface area contributed by atoms with Crippen LogP contribution in [-0.4, -0.2) is 84.1 Å². The van der Waals surface area contributed by atoms with Crippen molar-refractivity contribution in [2.75, 3.05) is 63.3 Å². The molecule has 0 amide bonds. The van der Waals surface area contributed by atoms with Crippen LogP contribution in [0.15, 0.2) is 48.5 Å². The molecule has 0 aliphatic carbocycles. The smallest absolute Gasteiger partial charge is 0.328 e. The van der Waals surface area contributed by atoms with Crippen LogP contribution in [0.5, 0.6) is 0 Å². The van der Waals surface area contributed by atoms with E-state index in [9.17, 15) is 4.79 Å². The molecule has 1 aromatic heterocycles. The van der Waals surface area contributed by atoms with E-state index in [0.29, 0.717) is 24.0 Å². The highest BCUT2D eigenvalue weighted by Crippen LogP contribution is 2.20. The Labute approximate surface area is 223 Å². The first-order valence-corrected chi connectivity index (χ1v) is 12.5. The third-order valence-corrected chi connectivity index (χ3v) is 6.34. The average molecular weight is 516 g/mol. The minimum atomic E-state index is -0.731. The van der Waals surface area contributed by atoms with Gasteiger partial charge in [0.05, 0.1) is 13.7 Å². The Morgan fingerprint density at radius 2 is 1.74 bits per heavy atom. The van der Waals surface area contributed by atoms with E-state index in [2.05, 4.69) is 64.7 Å². The molecule has 11 heteroatoms. The summed E-state index contributed by atoms with van der Waals surface area (Å²) in [6.45, 7) is 12.2. The van der Waals surface area contributed by atoms with Crippen molar-refractivity contribution in [2.45, 2.75) is 19.0 Å². The van der Waals surface area contributed by atoms with E-state index >= 15 is 0 Å². The molecule has 198 valence electrons. The topological polar surface area (TPSA) is 112 Å². The Hall–Kier alpha value is -4.27. The van der Waals surface area contributed by atoms with Crippen LogP contribution < -0.4 is 16.0 Å². The van der Waals surface area contributed by atoms with Gasteiger partial charge in [0.25, 0.3) is 0 Å². The second-order valence-electron chi connectivity index (χ2n) is 9.16. The van der Waals surface area contributed by atoms with E-state index in [1.54, 1.807) is 19.2 Å². The number of carbonyl (C=O) groups is 1. The van der Waals surface area contributed by atoms with Gasteiger partial charge in [-0.1, -0.05) is 36.4 Å². The average Bonchev–Trinajstić information content (AvgIpc) is 2.94. The number of hydrogen-bond donors (Lipinski definition) is 3. The molecule has 1 fully saturated rings. The minimum Gasteiger partial charge on any atom is -0.467 e. The van der Waals surface area contributed by atoms with Crippen molar-refractivity contribution in [3.63, 3.8) is 0 Å². The first kappa shape index (κ1) is 26.8. The van der Waals surface area contributed by atoms with Crippen LogP contribution in [0.25, 0.3) is 4.85 Å². The summed E-state index contributed by atoms with van der Waals surface area (Å²) in [5, 5.41) is 9.30. The zero-order chi connectivity index (χ0) is 26.9. The lowest BCUT2D eigenvalue weighted by atomic mass is 10.1. The summed E-state index contributed by atoms with van der Waals surface area (Å²) < 4.78 is 5.01. The predicted octanol–water partition coefficient (Wildman–Crippen LogP) is 3.15. The number of benzene rings is 2. The standard InChI is InChI=1S/C27H33N9O2/c1-28-21-10-8-19(9-11-21)17-23(24(37)38-4)31-27-33-25(29-2)32-26(34-27)30-22-7-5-6-20(16-22)18-36-14-12-35(3)13-15-36/h5-11,16,23H,12-15,17-18H2,2-4H3,(H3,29,30,31,32,33,34)/t23-/m0/s1. The SMILES string of the molecule is [C-]#[N+]c1ccc(C[C@H](Nc2nc(NC)nc(Nc3cccc(CN4CCN(C)CC4)c3)n2)C(=O)OC)cc1. The second-order valence-corrected chi connectivity index (χ2v) is 9.16. The molecule has 0 radical (unpaired) electrons. The van der Waals surface area contributed by atoms with Crippen molar-refractivity contribution < 1.29 is 9.53 Å². The number of carbonyl (C=O) groups excluding carboxylic acids is 1. The number of aromatic nitrogens is 3. The second kappa shape index (κ2) is 12.8. The quantitative estimate of drug-likeness (QED) is 0.275. The van der Waals surface area contributed by atoms with Crippen molar-refractivity contribution >= 4 is 35.2 Å². The lowest BCUT2D eigenvalue weighted by molar-refractivity contribution is -0.141. The summed E-state index contributed by atoms with van der Waals surface area (Å²) in [5.41, 5.74) is 3.48. The molecule has 0 unspecified atom stereocenters. The molecule has 4 rings (SSSR count). The largest absolute Gasteiger partial charge is 0.467 e. The van der Waals surface area contributed by atoms with Crippen LogP contribution >= 0.6 is 0 Å². The van der Waals surface area contributed by atoms with Gasteiger partial charge in [-0.05, 0) is 30.3 Å². The molecule has 2 aromatic carbocycles. The molecule has 2 heterocycles. The third-order valence-electron chi connectivity index (χ3n) is 6.34. The van der Waals surface area contributed by atoms with Crippen molar-refractivity contribution in [1.82, 2.24) is 24.8 Å². The summed E-state index contributed by atoms with van der Waals surface area (Å²) in [6, 6.07) is 14.5. The highest BCUT2D eigenvalue weighted by atomic mass is 16.5. The number of esters is 1. The Kier molecular flexibility index (Phi) is 9.02. The van der Waals surface area contributed by atoms with E-state index in [4.69, 9.17) is 11.3 Å². The summed E-state index contributed by atoms with van der Waals surface area (Å²) in [6.07, 6.45) is 0.336. The van der Waals surface area contributed by atoms with Crippen molar-refractivity contribution in [3.05, 3.63) is 71.1 Å². The number of anilines is 4. The molecule has 0 saturated carbocycles. The number of nitrogens with zero attached hydrogens (tertiary/aromatic N) is 6. The van der Waals surface area contributed by atoms with Crippen LogP contribution in [-0.2, 0) is 22.5 Å². The molecule has 3 N–H and O–H groups in total. The van der Waals surface area contributed by atoms with Gasteiger partial charge in [0.2, 0.25) is 17.8 Å². The molecule has 1 saturated heterocycles. The maximum absolute atomic E-state index is 12.6. The van der Waals surface area contributed by atoms with Gasteiger partial charge in [-0.15, -0.1) is 0 Å². The Balaban J connectivity index is 1.48. The molecule has 11 nitrogen and oxygen atoms in total. The highest BCUT2D eigenvalue weighted by molar-refractivity contribution is 5.79. The number of piperazine rings is 1. The molecule has 1 aliphatic heterocycles. The predicted molar refractivity (Wildman–Crippen MR) is 148 cm³/mol. The van der Waals surface area contributed by atoms with E-state index in [-0.39, 0.29) is 5.95 Å². The molecular weight excluding hydrogens is 482 g/mol. The molecular formula is C27H33N9O2. The molecule has 0 spiro atoms. The fraction of sp³-hybridized carbons (Fsp3) is 0.370. The van der Waals surface area contributed by atoms with E-state index in [1.165, 1.54) is 12.7 Å². The van der Waals surface area contributed by atoms with Gasteiger partial charge < -0.3 is 25.6 Å². The van der Waals surface area contributed by atoms with Crippen LogP contribution in [0, 0.1) is 6.57 Å². The number of hydrogen-bond acceptors (Lipinski definition) is 10. The molecule has 1 atom stereocenters. The lowest BCUT2D eigenvalue weighted by Crippen LogP contribution is -2.43. The number of likely N-dealkylation sites (N-methyl/N-ethyl adjacent to an activating group) is 1. The fourth-order valence-electron chi connectivity index (χ4n) is 4.18. The van der Waals surface area contributed by atoms with E-state index in [0.717, 1.165) is 44.0 Å². The van der Waals surface area contributed by atoms with Gasteiger partial charge in [-0.2, -0.15) is 15.0 Å². The van der Waals surface area contributed by atoms with Gasteiger partial charge in [-0.3, -0.25) is 4.90 Å². The van der Waals surface area contributed by atoms with Crippen molar-refractivity contribution in [3.8, 4) is 0 Å². The van der Waals surface area contributed by atoms with Crippen molar-refractivity contribution in [2.24, 2.45) is 0 Å². The summed E-state index contributed by atoms with van der Waals surface area (Å²) in [7, 11) is 5.21. The van der Waals surface area contributed by atoms with Crippen LogP contribution in [0.2, 0.25) is 0 Å². The highest BCUT2D eigenvalue weighted by Gasteiger charge is 2.22. The number of rotatable bonds is 10. The number of methoxy groups -OCH3 is 1. The number of nitrogens with one attached hydrogen (secondary N) is 3. The zero-order valence-electron chi connectivity index (χ0n) is 21.9. The first-order valence-electron chi connectivity index (χ1n) is 12.5. The molecule has 1 aliphatic rings. The summed E-state index contributed by atoms with van der Waals surface area (Å²) in [5.74, 6) is 0.475. The Morgan fingerprint density at radius 1 is 1.03 bits per heavy atom. The lowest BCUT2D eigenvalue weighted by Gasteiger charge is -2.32. The number of ether oxygens (including phenoxy) is 1.